The summed E-state index contributed by atoms with van der Waals surface area (Å²) in [6, 6.07) is 5.74. The number of methoxy groups -OCH3 is 1. The molecule has 0 unspecified atom stereocenters. The summed E-state index contributed by atoms with van der Waals surface area (Å²) in [5.74, 6) is 3.11. The van der Waals surface area contributed by atoms with Crippen molar-refractivity contribution in [3.8, 4) is 40.2 Å². The van der Waals surface area contributed by atoms with Crippen LogP contribution in [0.25, 0.3) is 22.6 Å². The summed E-state index contributed by atoms with van der Waals surface area (Å²) in [5.41, 5.74) is 3.25. The first-order valence-corrected chi connectivity index (χ1v) is 10.4. The number of hydrogen-bond acceptors (Lipinski definition) is 10. The fourth-order valence-corrected chi connectivity index (χ4v) is 3.60. The molecule has 2 N–H and O–H groups in total. The third-order valence-electron chi connectivity index (χ3n) is 5.27. The molecule has 4 aromatic heterocycles. The highest BCUT2D eigenvalue weighted by atomic mass is 16.6. The van der Waals surface area contributed by atoms with E-state index in [9.17, 15) is 0 Å². The molecule has 0 radical (unpaired) electrons. The molecule has 11 nitrogen and oxygen atoms in total. The van der Waals surface area contributed by atoms with E-state index in [-0.39, 0.29) is 5.92 Å². The summed E-state index contributed by atoms with van der Waals surface area (Å²) in [7, 11) is 1.56. The third-order valence-corrected chi connectivity index (χ3v) is 5.27. The van der Waals surface area contributed by atoms with Gasteiger partial charge in [0, 0.05) is 42.0 Å². The highest BCUT2D eigenvalue weighted by Crippen LogP contribution is 2.36. The molecule has 0 fully saturated rings. The molecule has 5 heterocycles. The lowest BCUT2D eigenvalue weighted by molar-refractivity contribution is 0.162. The number of anilines is 1. The maximum Gasteiger partial charge on any atom is 0.257 e. The highest BCUT2D eigenvalue weighted by molar-refractivity contribution is 5.71. The predicted molar refractivity (Wildman–Crippen MR) is 119 cm³/mol. The number of H-pyrrole nitrogens is 1. The molecule has 5 rings (SSSR count). The van der Waals surface area contributed by atoms with Gasteiger partial charge >= 0.3 is 0 Å². The van der Waals surface area contributed by atoms with Crippen LogP contribution in [0.1, 0.15) is 18.4 Å². The van der Waals surface area contributed by atoms with Crippen molar-refractivity contribution in [2.75, 3.05) is 32.2 Å². The van der Waals surface area contributed by atoms with Gasteiger partial charge in [-0.1, -0.05) is 6.92 Å². The molecule has 168 valence electrons. The van der Waals surface area contributed by atoms with Gasteiger partial charge in [0.1, 0.15) is 31.7 Å². The fourth-order valence-electron chi connectivity index (χ4n) is 3.60. The van der Waals surface area contributed by atoms with E-state index in [0.717, 1.165) is 11.1 Å². The first-order valence-electron chi connectivity index (χ1n) is 10.4. The molecule has 0 saturated carbocycles. The van der Waals surface area contributed by atoms with Crippen molar-refractivity contribution in [1.82, 2.24) is 35.1 Å². The van der Waals surface area contributed by atoms with Gasteiger partial charge in [-0.25, -0.2) is 24.9 Å². The van der Waals surface area contributed by atoms with E-state index in [1.807, 2.05) is 18.2 Å². The van der Waals surface area contributed by atoms with E-state index < -0.39 is 0 Å². The van der Waals surface area contributed by atoms with Crippen LogP contribution in [0.4, 0.5) is 5.82 Å². The van der Waals surface area contributed by atoms with Gasteiger partial charge in [-0.05, 0) is 12.1 Å². The van der Waals surface area contributed by atoms with E-state index in [0.29, 0.717) is 60.2 Å². The largest absolute Gasteiger partial charge is 0.484 e. The second-order valence-electron chi connectivity index (χ2n) is 7.42. The van der Waals surface area contributed by atoms with Crippen molar-refractivity contribution >= 4 is 5.82 Å². The minimum absolute atomic E-state index is 0.141. The van der Waals surface area contributed by atoms with Gasteiger partial charge in [0.05, 0.1) is 18.4 Å². The van der Waals surface area contributed by atoms with Gasteiger partial charge in [-0.2, -0.15) is 5.10 Å². The molecular formula is C22H22N8O3. The minimum Gasteiger partial charge on any atom is -0.484 e. The number of nitrogens with zero attached hydrogens (tertiary/aromatic N) is 6. The molecule has 4 aromatic rings. The Bertz CT molecular complexity index is 1250. The molecule has 0 aliphatic carbocycles. The average Bonchev–Trinajstić information content (AvgIpc) is 3.42. The number of nitrogens with one attached hydrogen (secondary N) is 2. The van der Waals surface area contributed by atoms with Crippen molar-refractivity contribution in [2.45, 2.75) is 12.8 Å². The zero-order valence-electron chi connectivity index (χ0n) is 18.1. The second kappa shape index (κ2) is 9.07. The molecule has 1 atom stereocenters. The van der Waals surface area contributed by atoms with Crippen molar-refractivity contribution in [3.05, 3.63) is 48.8 Å². The van der Waals surface area contributed by atoms with Crippen LogP contribution >= 0.6 is 0 Å². The van der Waals surface area contributed by atoms with E-state index in [2.05, 4.69) is 47.4 Å². The lowest BCUT2D eigenvalue weighted by Gasteiger charge is -2.22. The third kappa shape index (κ3) is 4.25. The van der Waals surface area contributed by atoms with Crippen molar-refractivity contribution in [3.63, 3.8) is 0 Å². The SMILES string of the molecule is COc1ncc(-c2cc(NC[C@@H](C)c3ccnc4c3OCCO4)ncn2)cc1-c1ncn[nH]1. The van der Waals surface area contributed by atoms with Gasteiger partial charge in [-0.3, -0.25) is 5.10 Å². The van der Waals surface area contributed by atoms with Crippen LogP contribution in [0.5, 0.6) is 17.5 Å². The molecule has 0 spiro atoms. The summed E-state index contributed by atoms with van der Waals surface area (Å²) in [4.78, 5) is 21.6. The smallest absolute Gasteiger partial charge is 0.257 e. The Balaban J connectivity index is 1.35. The number of pyridine rings is 2. The molecule has 1 aliphatic heterocycles. The first-order chi connectivity index (χ1) is 16.2. The number of aromatic amines is 1. The van der Waals surface area contributed by atoms with E-state index >= 15 is 0 Å². The normalized spacial score (nSPS) is 13.4. The van der Waals surface area contributed by atoms with Gasteiger partial charge < -0.3 is 19.5 Å². The number of ether oxygens (including phenoxy) is 3. The van der Waals surface area contributed by atoms with E-state index in [4.69, 9.17) is 14.2 Å². The summed E-state index contributed by atoms with van der Waals surface area (Å²) >= 11 is 0. The predicted octanol–water partition coefficient (Wildman–Crippen LogP) is 2.71. The molecule has 0 aromatic carbocycles. The topological polar surface area (TPSA) is 133 Å². The summed E-state index contributed by atoms with van der Waals surface area (Å²) < 4.78 is 16.7. The van der Waals surface area contributed by atoms with E-state index in [1.165, 1.54) is 12.7 Å². The zero-order valence-corrected chi connectivity index (χ0v) is 18.1. The Morgan fingerprint density at radius 1 is 1.09 bits per heavy atom. The van der Waals surface area contributed by atoms with Gasteiger partial charge in [0.15, 0.2) is 11.6 Å². The molecular weight excluding hydrogens is 424 g/mol. The Hall–Kier alpha value is -4.28. The van der Waals surface area contributed by atoms with Crippen molar-refractivity contribution in [2.24, 2.45) is 0 Å². The average molecular weight is 446 g/mol. The lowest BCUT2D eigenvalue weighted by atomic mass is 10.0. The second-order valence-corrected chi connectivity index (χ2v) is 7.42. The van der Waals surface area contributed by atoms with Crippen LogP contribution in [-0.2, 0) is 0 Å². The van der Waals surface area contributed by atoms with Crippen molar-refractivity contribution < 1.29 is 14.2 Å². The maximum atomic E-state index is 5.80. The number of fused-ring (bicyclic) bond motifs is 1. The first kappa shape index (κ1) is 20.6. The van der Waals surface area contributed by atoms with Crippen LogP contribution in [0.2, 0.25) is 0 Å². The lowest BCUT2D eigenvalue weighted by Crippen LogP contribution is -2.19. The molecule has 11 heteroatoms. The number of hydrogen-bond donors (Lipinski definition) is 2. The van der Waals surface area contributed by atoms with Gasteiger partial charge in [0.2, 0.25) is 5.88 Å². The summed E-state index contributed by atoms with van der Waals surface area (Å²) in [6.07, 6.45) is 6.40. The molecule has 0 bridgehead atoms. The minimum atomic E-state index is 0.141. The van der Waals surface area contributed by atoms with Crippen LogP contribution in [0, 0.1) is 0 Å². The molecule has 33 heavy (non-hydrogen) atoms. The summed E-state index contributed by atoms with van der Waals surface area (Å²) in [6.45, 7) is 3.78. The summed E-state index contributed by atoms with van der Waals surface area (Å²) in [5, 5.41) is 10.1. The van der Waals surface area contributed by atoms with Crippen LogP contribution in [0.3, 0.4) is 0 Å². The molecule has 0 saturated heterocycles. The van der Waals surface area contributed by atoms with Crippen LogP contribution in [-0.4, -0.2) is 62.0 Å². The van der Waals surface area contributed by atoms with Gasteiger partial charge in [-0.15, -0.1) is 0 Å². The fraction of sp³-hybridized carbons (Fsp3) is 0.273. The Morgan fingerprint density at radius 3 is 2.85 bits per heavy atom. The Morgan fingerprint density at radius 2 is 2.00 bits per heavy atom. The Kier molecular flexibility index (Phi) is 5.66. The maximum absolute atomic E-state index is 5.80. The van der Waals surface area contributed by atoms with Crippen LogP contribution < -0.4 is 19.5 Å². The highest BCUT2D eigenvalue weighted by Gasteiger charge is 2.21. The van der Waals surface area contributed by atoms with E-state index in [1.54, 1.807) is 19.5 Å². The molecule has 1 aliphatic rings. The molecule has 0 amide bonds. The quantitative estimate of drug-likeness (QED) is 0.436. The van der Waals surface area contributed by atoms with Crippen molar-refractivity contribution in [1.29, 1.82) is 0 Å². The Labute approximate surface area is 189 Å². The standard InChI is InChI=1S/C22H22N8O3/c1-13(15-3-4-23-22-19(15)32-5-6-33-22)9-24-18-8-17(26-11-27-18)14-7-16(20-28-12-29-30-20)21(31-2)25-10-14/h3-4,7-8,10-13H,5-6,9H2,1-2H3,(H,24,26,27)(H,28,29,30)/t13-/m1/s1. The zero-order chi connectivity index (χ0) is 22.6. The van der Waals surface area contributed by atoms with Gasteiger partial charge in [0.25, 0.3) is 5.88 Å². The number of rotatable bonds is 7. The monoisotopic (exact) mass is 446 g/mol. The number of aromatic nitrogens is 7. The van der Waals surface area contributed by atoms with Crippen LogP contribution in [0.15, 0.2) is 43.2 Å².